The largest absolute Gasteiger partial charge is 0.495 e. The molecule has 0 saturated carbocycles. The van der Waals surface area contributed by atoms with E-state index in [9.17, 15) is 17.6 Å². The van der Waals surface area contributed by atoms with E-state index in [-0.39, 0.29) is 27.6 Å². The lowest BCUT2D eigenvalue weighted by molar-refractivity contribution is -0.117. The Bertz CT molecular complexity index is 1140. The van der Waals surface area contributed by atoms with Crippen LogP contribution in [0.3, 0.4) is 0 Å². The Morgan fingerprint density at radius 2 is 1.91 bits per heavy atom. The Hall–Kier alpha value is -2.24. The topological polar surface area (TPSA) is 99.8 Å². The lowest BCUT2D eigenvalue weighted by Crippen LogP contribution is -2.39. The normalized spacial score (nSPS) is 21.7. The van der Waals surface area contributed by atoms with E-state index >= 15 is 0 Å². The Kier molecular flexibility index (Phi) is 7.20. The smallest absolute Gasteiger partial charge is 0.246 e. The van der Waals surface area contributed by atoms with E-state index in [1.54, 1.807) is 18.2 Å². The number of nitrogens with one attached hydrogen (secondary N) is 3. The molecule has 2 heterocycles. The second kappa shape index (κ2) is 9.94. The third-order valence-corrected chi connectivity index (χ3v) is 8.14. The highest BCUT2D eigenvalue weighted by Crippen LogP contribution is 2.33. The van der Waals surface area contributed by atoms with Crippen molar-refractivity contribution in [2.24, 2.45) is 0 Å². The number of sulfonamides is 1. The Morgan fingerprint density at radius 3 is 2.61 bits per heavy atom. The lowest BCUT2D eigenvalue weighted by atomic mass is 10.0. The molecule has 11 heteroatoms. The summed E-state index contributed by atoms with van der Waals surface area (Å²) in [4.78, 5) is 12.8. The van der Waals surface area contributed by atoms with Crippen molar-refractivity contribution in [3.8, 4) is 5.75 Å². The second-order valence-corrected chi connectivity index (χ2v) is 10.4. The maximum atomic E-state index is 13.3. The number of methoxy groups -OCH3 is 1. The third kappa shape index (κ3) is 5.15. The number of hydrazine groups is 1. The molecular weight excluding hydrogens is 471 g/mol. The molecule has 0 bridgehead atoms. The summed E-state index contributed by atoms with van der Waals surface area (Å²) >= 11 is 5.78. The van der Waals surface area contributed by atoms with Crippen LogP contribution in [0.5, 0.6) is 5.75 Å². The predicted octanol–water partition coefficient (Wildman–Crippen LogP) is 3.21. The minimum absolute atomic E-state index is 0.0798. The van der Waals surface area contributed by atoms with Gasteiger partial charge < -0.3 is 10.1 Å². The Balaban J connectivity index is 1.50. The van der Waals surface area contributed by atoms with Gasteiger partial charge in [0.25, 0.3) is 0 Å². The van der Waals surface area contributed by atoms with E-state index < -0.39 is 21.9 Å². The summed E-state index contributed by atoms with van der Waals surface area (Å²) in [7, 11) is -2.25. The highest BCUT2D eigenvalue weighted by Gasteiger charge is 2.33. The van der Waals surface area contributed by atoms with Gasteiger partial charge in [-0.15, -0.1) is 0 Å². The number of benzene rings is 2. The number of halogens is 2. The van der Waals surface area contributed by atoms with E-state index in [0.29, 0.717) is 25.2 Å². The maximum Gasteiger partial charge on any atom is 0.246 e. The van der Waals surface area contributed by atoms with Crippen LogP contribution in [0.2, 0.25) is 5.02 Å². The molecule has 2 fully saturated rings. The van der Waals surface area contributed by atoms with Crippen LogP contribution in [0.15, 0.2) is 41.3 Å². The van der Waals surface area contributed by atoms with Crippen LogP contribution < -0.4 is 20.9 Å². The van der Waals surface area contributed by atoms with Gasteiger partial charge in [-0.25, -0.2) is 23.7 Å². The van der Waals surface area contributed by atoms with E-state index in [1.807, 2.05) is 0 Å². The summed E-state index contributed by atoms with van der Waals surface area (Å²) in [6.45, 7) is 0.989. The van der Waals surface area contributed by atoms with Gasteiger partial charge in [0.15, 0.2) is 0 Å². The van der Waals surface area contributed by atoms with Crippen molar-refractivity contribution in [3.05, 3.63) is 52.8 Å². The number of anilines is 1. The first-order valence-electron chi connectivity index (χ1n) is 10.7. The fraction of sp³-hybridized carbons (Fsp3) is 0.409. The van der Waals surface area contributed by atoms with Gasteiger partial charge >= 0.3 is 0 Å². The van der Waals surface area contributed by atoms with Gasteiger partial charge in [0.2, 0.25) is 15.9 Å². The van der Waals surface area contributed by atoms with Crippen LogP contribution in [-0.4, -0.2) is 44.9 Å². The quantitative estimate of drug-likeness (QED) is 0.568. The molecule has 2 aliphatic rings. The summed E-state index contributed by atoms with van der Waals surface area (Å²) in [6.07, 6.45) is 3.08. The molecule has 0 radical (unpaired) electrons. The highest BCUT2D eigenvalue weighted by atomic mass is 35.5. The third-order valence-electron chi connectivity index (χ3n) is 5.93. The molecule has 2 aromatic rings. The molecule has 33 heavy (non-hydrogen) atoms. The fourth-order valence-corrected chi connectivity index (χ4v) is 5.99. The SMILES string of the molecule is COc1ccc(C2CC(C(=O)Nc3ccc(F)c(Cl)c3)NN2)cc1S(=O)(=O)N1CCCCC1. The Labute approximate surface area is 197 Å². The zero-order valence-electron chi connectivity index (χ0n) is 18.1. The molecule has 2 atom stereocenters. The number of nitrogens with zero attached hydrogens (tertiary/aromatic N) is 1. The van der Waals surface area contributed by atoms with Crippen LogP contribution in [0.4, 0.5) is 10.1 Å². The Morgan fingerprint density at radius 1 is 1.15 bits per heavy atom. The summed E-state index contributed by atoms with van der Waals surface area (Å²) in [5, 5.41) is 2.63. The maximum absolute atomic E-state index is 13.3. The van der Waals surface area contributed by atoms with Gasteiger partial charge in [-0.3, -0.25) is 4.79 Å². The molecule has 2 aromatic carbocycles. The number of carbonyl (C=O) groups excluding carboxylic acids is 1. The average molecular weight is 497 g/mol. The molecule has 1 amide bonds. The lowest BCUT2D eigenvalue weighted by Gasteiger charge is -2.27. The molecule has 8 nitrogen and oxygen atoms in total. The minimum atomic E-state index is -3.70. The monoisotopic (exact) mass is 496 g/mol. The van der Waals surface area contributed by atoms with Gasteiger partial charge in [0.05, 0.1) is 12.1 Å². The van der Waals surface area contributed by atoms with Crippen molar-refractivity contribution in [2.45, 2.75) is 42.7 Å². The van der Waals surface area contributed by atoms with Gasteiger partial charge in [-0.05, 0) is 55.2 Å². The molecule has 4 rings (SSSR count). The number of ether oxygens (including phenoxy) is 1. The van der Waals surface area contributed by atoms with Crippen molar-refractivity contribution in [3.63, 3.8) is 0 Å². The van der Waals surface area contributed by atoms with Crippen LogP contribution >= 0.6 is 11.6 Å². The zero-order chi connectivity index (χ0) is 23.6. The average Bonchev–Trinajstić information content (AvgIpc) is 3.32. The van der Waals surface area contributed by atoms with Crippen molar-refractivity contribution in [1.29, 1.82) is 0 Å². The van der Waals surface area contributed by atoms with E-state index in [1.165, 1.54) is 29.6 Å². The predicted molar refractivity (Wildman–Crippen MR) is 123 cm³/mol. The number of hydrogen-bond donors (Lipinski definition) is 3. The van der Waals surface area contributed by atoms with Crippen molar-refractivity contribution >= 4 is 33.2 Å². The molecule has 0 spiro atoms. The first kappa shape index (κ1) is 23.9. The first-order valence-corrected chi connectivity index (χ1v) is 12.6. The van der Waals surface area contributed by atoms with Crippen LogP contribution in [0, 0.1) is 5.82 Å². The molecule has 0 aliphatic carbocycles. The molecule has 3 N–H and O–H groups in total. The summed E-state index contributed by atoms with van der Waals surface area (Å²) in [6, 6.07) is 8.12. The van der Waals surface area contributed by atoms with Gasteiger partial charge in [0, 0.05) is 24.8 Å². The number of hydrogen-bond acceptors (Lipinski definition) is 6. The van der Waals surface area contributed by atoms with Gasteiger partial charge in [-0.2, -0.15) is 4.31 Å². The summed E-state index contributed by atoms with van der Waals surface area (Å²) < 4.78 is 46.7. The van der Waals surface area contributed by atoms with Crippen LogP contribution in [0.1, 0.15) is 37.3 Å². The van der Waals surface area contributed by atoms with Crippen molar-refractivity contribution in [2.75, 3.05) is 25.5 Å². The van der Waals surface area contributed by atoms with E-state index in [0.717, 1.165) is 24.8 Å². The molecule has 2 saturated heterocycles. The number of rotatable bonds is 6. The van der Waals surface area contributed by atoms with E-state index in [4.69, 9.17) is 16.3 Å². The summed E-state index contributed by atoms with van der Waals surface area (Å²) in [5.41, 5.74) is 7.11. The molecule has 2 unspecified atom stereocenters. The van der Waals surface area contributed by atoms with Crippen LogP contribution in [-0.2, 0) is 14.8 Å². The standard InChI is InChI=1S/C22H26ClFN4O4S/c1-32-20-8-5-14(11-21(20)33(30,31)28-9-3-2-4-10-28)18-13-19(27-26-18)22(29)25-15-6-7-17(24)16(23)12-15/h5-8,11-12,18-19,26-27H,2-4,9-10,13H2,1H3,(H,25,29). The minimum Gasteiger partial charge on any atom is -0.495 e. The van der Waals surface area contributed by atoms with Gasteiger partial charge in [-0.1, -0.05) is 24.1 Å². The first-order chi connectivity index (χ1) is 15.8. The van der Waals surface area contributed by atoms with Crippen molar-refractivity contribution in [1.82, 2.24) is 15.2 Å². The second-order valence-electron chi connectivity index (χ2n) is 8.12. The molecule has 178 valence electrons. The molecule has 0 aromatic heterocycles. The number of amides is 1. The van der Waals surface area contributed by atoms with E-state index in [2.05, 4.69) is 16.2 Å². The molecule has 2 aliphatic heterocycles. The number of piperidine rings is 1. The molecular formula is C22H26ClFN4O4S. The van der Waals surface area contributed by atoms with Crippen LogP contribution in [0.25, 0.3) is 0 Å². The van der Waals surface area contributed by atoms with Gasteiger partial charge in [0.1, 0.15) is 22.5 Å². The number of carbonyl (C=O) groups is 1. The zero-order valence-corrected chi connectivity index (χ0v) is 19.7. The fourth-order valence-electron chi connectivity index (χ4n) is 4.11. The highest BCUT2D eigenvalue weighted by molar-refractivity contribution is 7.89. The summed E-state index contributed by atoms with van der Waals surface area (Å²) in [5.74, 6) is -0.592. The van der Waals surface area contributed by atoms with Crippen molar-refractivity contribution < 1.29 is 22.3 Å².